The van der Waals surface area contributed by atoms with Crippen molar-refractivity contribution in [1.29, 1.82) is 5.26 Å². The van der Waals surface area contributed by atoms with Gasteiger partial charge in [0.05, 0.1) is 6.07 Å². The van der Waals surface area contributed by atoms with Crippen LogP contribution in [0.3, 0.4) is 0 Å². The third-order valence-electron chi connectivity index (χ3n) is 3.04. The van der Waals surface area contributed by atoms with E-state index in [0.717, 1.165) is 45.3 Å². The lowest BCUT2D eigenvalue weighted by Crippen LogP contribution is -2.42. The summed E-state index contributed by atoms with van der Waals surface area (Å²) in [7, 11) is 0. The molecule has 1 aliphatic carbocycles. The largest absolute Gasteiger partial charge is 0.381 e. The summed E-state index contributed by atoms with van der Waals surface area (Å²) < 4.78 is 5.42. The van der Waals surface area contributed by atoms with Crippen LogP contribution in [0.25, 0.3) is 0 Å². The lowest BCUT2D eigenvalue weighted by Gasteiger charge is -2.23. The molecule has 0 saturated heterocycles. The Balaban J connectivity index is 2.27. The van der Waals surface area contributed by atoms with Crippen LogP contribution in [-0.4, -0.2) is 18.8 Å². The maximum atomic E-state index is 8.98. The maximum absolute atomic E-state index is 8.98. The Bertz CT molecular complexity index is 212. The summed E-state index contributed by atoms with van der Waals surface area (Å²) in [4.78, 5) is 0. The molecular formula is C11H20N2O. The maximum Gasteiger partial charge on any atom is 0.107 e. The molecule has 1 aliphatic rings. The fourth-order valence-electron chi connectivity index (χ4n) is 2.12. The van der Waals surface area contributed by atoms with Crippen molar-refractivity contribution in [1.82, 2.24) is 0 Å². The summed E-state index contributed by atoms with van der Waals surface area (Å²) in [5, 5.41) is 8.98. The molecule has 0 spiro atoms. The highest BCUT2D eigenvalue weighted by Crippen LogP contribution is 2.35. The number of hydrogen-bond donors (Lipinski definition) is 1. The summed E-state index contributed by atoms with van der Waals surface area (Å²) in [5.41, 5.74) is 5.43. The summed E-state index contributed by atoms with van der Waals surface area (Å²) >= 11 is 0. The molecular weight excluding hydrogens is 176 g/mol. The van der Waals surface area contributed by atoms with Crippen LogP contribution in [0.2, 0.25) is 0 Å². The van der Waals surface area contributed by atoms with Crippen molar-refractivity contribution in [2.75, 3.05) is 13.2 Å². The monoisotopic (exact) mass is 196 g/mol. The van der Waals surface area contributed by atoms with Gasteiger partial charge in [-0.25, -0.2) is 0 Å². The molecule has 0 radical (unpaired) electrons. The minimum atomic E-state index is -0.574. The molecule has 1 fully saturated rings. The topological polar surface area (TPSA) is 59.0 Å². The van der Waals surface area contributed by atoms with Crippen molar-refractivity contribution in [2.24, 2.45) is 11.7 Å². The van der Waals surface area contributed by atoms with Crippen LogP contribution in [0.1, 0.15) is 39.0 Å². The van der Waals surface area contributed by atoms with E-state index in [1.54, 1.807) is 0 Å². The average Bonchev–Trinajstić information content (AvgIpc) is 2.56. The molecule has 0 aliphatic heterocycles. The van der Waals surface area contributed by atoms with E-state index in [9.17, 15) is 0 Å². The highest BCUT2D eigenvalue weighted by Gasteiger charge is 2.39. The Morgan fingerprint density at radius 2 is 2.36 bits per heavy atom. The third-order valence-corrected chi connectivity index (χ3v) is 3.04. The lowest BCUT2D eigenvalue weighted by molar-refractivity contribution is 0.115. The molecule has 80 valence electrons. The molecule has 0 amide bonds. The van der Waals surface area contributed by atoms with Gasteiger partial charge in [0, 0.05) is 13.2 Å². The van der Waals surface area contributed by atoms with Gasteiger partial charge in [0.2, 0.25) is 0 Å². The van der Waals surface area contributed by atoms with Crippen molar-refractivity contribution in [3.05, 3.63) is 0 Å². The van der Waals surface area contributed by atoms with Gasteiger partial charge in [-0.05, 0) is 31.6 Å². The predicted octanol–water partition coefficient (Wildman–Crippen LogP) is 1.82. The predicted molar refractivity (Wildman–Crippen MR) is 55.6 cm³/mol. The molecule has 1 saturated carbocycles. The van der Waals surface area contributed by atoms with Crippen LogP contribution in [-0.2, 0) is 4.74 Å². The average molecular weight is 196 g/mol. The minimum absolute atomic E-state index is 0.337. The highest BCUT2D eigenvalue weighted by atomic mass is 16.5. The first-order chi connectivity index (χ1) is 6.73. The zero-order valence-corrected chi connectivity index (χ0v) is 8.96. The van der Waals surface area contributed by atoms with Crippen molar-refractivity contribution in [2.45, 2.75) is 44.6 Å². The van der Waals surface area contributed by atoms with Crippen molar-refractivity contribution >= 4 is 0 Å². The van der Waals surface area contributed by atoms with E-state index in [2.05, 4.69) is 13.0 Å². The van der Waals surface area contributed by atoms with Crippen LogP contribution in [0.4, 0.5) is 0 Å². The van der Waals surface area contributed by atoms with Crippen LogP contribution >= 0.6 is 0 Å². The first kappa shape index (κ1) is 11.5. The van der Waals surface area contributed by atoms with Crippen LogP contribution in [0.15, 0.2) is 0 Å². The summed E-state index contributed by atoms with van der Waals surface area (Å²) in [5.74, 6) is 0.337. The molecule has 0 bridgehead atoms. The van der Waals surface area contributed by atoms with Crippen molar-refractivity contribution in [3.63, 3.8) is 0 Å². The molecule has 0 heterocycles. The van der Waals surface area contributed by atoms with Gasteiger partial charge in [-0.15, -0.1) is 0 Å². The van der Waals surface area contributed by atoms with Crippen molar-refractivity contribution < 1.29 is 4.74 Å². The molecule has 14 heavy (non-hydrogen) atoms. The van der Waals surface area contributed by atoms with Crippen molar-refractivity contribution in [3.8, 4) is 6.07 Å². The van der Waals surface area contributed by atoms with E-state index in [-0.39, 0.29) is 0 Å². The smallest absolute Gasteiger partial charge is 0.107 e. The molecule has 2 N–H and O–H groups in total. The highest BCUT2D eigenvalue weighted by molar-refractivity contribution is 5.11. The Kier molecular flexibility index (Phi) is 4.37. The summed E-state index contributed by atoms with van der Waals surface area (Å²) in [6, 6.07) is 2.25. The van der Waals surface area contributed by atoms with Crippen LogP contribution < -0.4 is 5.73 Å². The number of nitriles is 1. The second-order valence-electron chi connectivity index (χ2n) is 4.14. The second kappa shape index (κ2) is 5.33. The van der Waals surface area contributed by atoms with Gasteiger partial charge in [-0.3, -0.25) is 0 Å². The zero-order chi connectivity index (χ0) is 10.4. The van der Waals surface area contributed by atoms with Gasteiger partial charge in [-0.2, -0.15) is 5.26 Å². The van der Waals surface area contributed by atoms with E-state index in [1.807, 2.05) is 0 Å². The second-order valence-corrected chi connectivity index (χ2v) is 4.14. The third kappa shape index (κ3) is 2.70. The molecule has 1 rings (SSSR count). The zero-order valence-electron chi connectivity index (χ0n) is 8.96. The fourth-order valence-corrected chi connectivity index (χ4v) is 2.12. The molecule has 3 nitrogen and oxygen atoms in total. The molecule has 0 aromatic carbocycles. The van der Waals surface area contributed by atoms with Crippen LogP contribution in [0, 0.1) is 17.2 Å². The van der Waals surface area contributed by atoms with E-state index >= 15 is 0 Å². The van der Waals surface area contributed by atoms with Gasteiger partial charge in [0.15, 0.2) is 0 Å². The molecule has 2 unspecified atom stereocenters. The van der Waals surface area contributed by atoms with E-state index in [0.29, 0.717) is 5.92 Å². The first-order valence-corrected chi connectivity index (χ1v) is 5.51. The Morgan fingerprint density at radius 1 is 1.57 bits per heavy atom. The molecule has 3 heteroatoms. The fraction of sp³-hybridized carbons (Fsp3) is 0.909. The Hall–Kier alpha value is -0.590. The number of nitrogens with two attached hydrogens (primary N) is 1. The SMILES string of the molecule is CCCOCCC1CCCC1(N)C#N. The minimum Gasteiger partial charge on any atom is -0.381 e. The van der Waals surface area contributed by atoms with E-state index in [4.69, 9.17) is 15.7 Å². The lowest BCUT2D eigenvalue weighted by atomic mass is 9.87. The first-order valence-electron chi connectivity index (χ1n) is 5.51. The Labute approximate surface area is 86.2 Å². The normalized spacial score (nSPS) is 31.6. The van der Waals surface area contributed by atoms with Gasteiger partial charge in [0.25, 0.3) is 0 Å². The molecule has 0 aromatic rings. The summed E-state index contributed by atoms with van der Waals surface area (Å²) in [6.07, 6.45) is 5.00. The van der Waals surface area contributed by atoms with Gasteiger partial charge >= 0.3 is 0 Å². The van der Waals surface area contributed by atoms with E-state index in [1.165, 1.54) is 0 Å². The van der Waals surface area contributed by atoms with Gasteiger partial charge in [-0.1, -0.05) is 13.3 Å². The summed E-state index contributed by atoms with van der Waals surface area (Å²) in [6.45, 7) is 3.66. The quantitative estimate of drug-likeness (QED) is 0.682. The van der Waals surface area contributed by atoms with Gasteiger partial charge < -0.3 is 10.5 Å². The Morgan fingerprint density at radius 3 is 3.00 bits per heavy atom. The van der Waals surface area contributed by atoms with Crippen LogP contribution in [0.5, 0.6) is 0 Å². The number of hydrogen-bond acceptors (Lipinski definition) is 3. The standard InChI is InChI=1S/C11H20N2O/c1-2-7-14-8-5-10-4-3-6-11(10,13)9-12/h10H,2-8,13H2,1H3. The number of rotatable bonds is 5. The molecule has 0 aromatic heterocycles. The number of nitrogens with zero attached hydrogens (tertiary/aromatic N) is 1. The number of ether oxygens (including phenoxy) is 1. The van der Waals surface area contributed by atoms with E-state index < -0.39 is 5.54 Å². The molecule has 2 atom stereocenters. The van der Waals surface area contributed by atoms with Gasteiger partial charge in [0.1, 0.15) is 5.54 Å².